The number of hydrogen-bond donors (Lipinski definition) is 2. The van der Waals surface area contributed by atoms with Crippen LogP contribution in [0.1, 0.15) is 48.0 Å². The van der Waals surface area contributed by atoms with Gasteiger partial charge in [0.15, 0.2) is 0 Å². The Morgan fingerprint density at radius 3 is 1.95 bits per heavy atom. The van der Waals surface area contributed by atoms with Crippen molar-refractivity contribution in [3.8, 4) is 0 Å². The zero-order valence-electron chi connectivity index (χ0n) is 13.1. The minimum Gasteiger partial charge on any atom is -0.388 e. The first-order valence-corrected chi connectivity index (χ1v) is 6.75. The fourth-order valence-corrected chi connectivity index (χ4v) is 1.56. The van der Waals surface area contributed by atoms with Crippen LogP contribution in [0.5, 0.6) is 0 Å². The van der Waals surface area contributed by atoms with E-state index in [9.17, 15) is 10.2 Å². The summed E-state index contributed by atoms with van der Waals surface area (Å²) in [7, 11) is 0. The molecule has 0 aromatic carbocycles. The summed E-state index contributed by atoms with van der Waals surface area (Å²) in [6.07, 6.45) is -0.315. The lowest BCUT2D eigenvalue weighted by molar-refractivity contribution is -0.157. The Kier molecular flexibility index (Phi) is 7.22. The van der Waals surface area contributed by atoms with Gasteiger partial charge in [-0.3, -0.25) is 0 Å². The SMILES string of the molecule is C=CC[C@@H](OC(C)(C)C)[C@H](O)[C@H](O)COC(C)(C)C. The van der Waals surface area contributed by atoms with Crippen molar-refractivity contribution in [3.63, 3.8) is 0 Å². The van der Waals surface area contributed by atoms with Crippen LogP contribution >= 0.6 is 0 Å². The minimum absolute atomic E-state index is 0.0752. The maximum Gasteiger partial charge on any atom is 0.109 e. The van der Waals surface area contributed by atoms with Crippen LogP contribution in [0.4, 0.5) is 0 Å². The molecule has 0 aliphatic rings. The van der Waals surface area contributed by atoms with Crippen molar-refractivity contribution in [2.45, 2.75) is 77.5 Å². The van der Waals surface area contributed by atoms with Crippen LogP contribution in [0, 0.1) is 0 Å². The predicted octanol–water partition coefficient (Wildman–Crippen LogP) is 2.28. The second-order valence-corrected chi connectivity index (χ2v) is 6.77. The molecule has 3 atom stereocenters. The zero-order chi connectivity index (χ0) is 15.3. The first-order valence-electron chi connectivity index (χ1n) is 6.75. The second kappa shape index (κ2) is 7.39. The molecule has 0 unspecified atom stereocenters. The average Bonchev–Trinajstić information content (AvgIpc) is 2.21. The molecule has 4 nitrogen and oxygen atoms in total. The van der Waals surface area contributed by atoms with Gasteiger partial charge in [-0.2, -0.15) is 0 Å². The molecule has 0 aromatic heterocycles. The third-order valence-corrected chi connectivity index (χ3v) is 2.37. The van der Waals surface area contributed by atoms with Crippen molar-refractivity contribution < 1.29 is 19.7 Å². The van der Waals surface area contributed by atoms with E-state index < -0.39 is 18.3 Å². The second-order valence-electron chi connectivity index (χ2n) is 6.77. The van der Waals surface area contributed by atoms with E-state index in [1.807, 2.05) is 41.5 Å². The fraction of sp³-hybridized carbons (Fsp3) is 0.867. The normalized spacial score (nSPS) is 17.9. The number of hydrogen-bond acceptors (Lipinski definition) is 4. The van der Waals surface area contributed by atoms with Crippen molar-refractivity contribution in [1.29, 1.82) is 0 Å². The molecule has 0 amide bonds. The van der Waals surface area contributed by atoms with E-state index in [0.29, 0.717) is 6.42 Å². The minimum atomic E-state index is -1.00. The summed E-state index contributed by atoms with van der Waals surface area (Å²) < 4.78 is 11.2. The van der Waals surface area contributed by atoms with E-state index in [1.54, 1.807) is 6.08 Å². The lowest BCUT2D eigenvalue weighted by atomic mass is 10.0. The first kappa shape index (κ1) is 18.6. The van der Waals surface area contributed by atoms with Crippen molar-refractivity contribution >= 4 is 0 Å². The molecule has 0 saturated heterocycles. The largest absolute Gasteiger partial charge is 0.388 e. The van der Waals surface area contributed by atoms with Gasteiger partial charge in [0.05, 0.1) is 23.9 Å². The summed E-state index contributed by atoms with van der Waals surface area (Å²) in [5, 5.41) is 20.2. The molecule has 4 heteroatoms. The molecule has 0 saturated carbocycles. The quantitative estimate of drug-likeness (QED) is 0.699. The molecule has 0 aliphatic carbocycles. The highest BCUT2D eigenvalue weighted by molar-refractivity contribution is 4.85. The molecule has 114 valence electrons. The summed E-state index contributed by atoms with van der Waals surface area (Å²) in [5.41, 5.74) is -0.737. The Balaban J connectivity index is 4.52. The van der Waals surface area contributed by atoms with Gasteiger partial charge in [0.2, 0.25) is 0 Å². The smallest absolute Gasteiger partial charge is 0.109 e. The van der Waals surface area contributed by atoms with Crippen molar-refractivity contribution in [2.24, 2.45) is 0 Å². The third-order valence-electron chi connectivity index (χ3n) is 2.37. The van der Waals surface area contributed by atoms with Gasteiger partial charge in [-0.25, -0.2) is 0 Å². The lowest BCUT2D eigenvalue weighted by Gasteiger charge is -2.33. The van der Waals surface area contributed by atoms with Gasteiger partial charge in [-0.15, -0.1) is 6.58 Å². The molecule has 19 heavy (non-hydrogen) atoms. The molecule has 0 spiro atoms. The van der Waals surface area contributed by atoms with Gasteiger partial charge in [-0.1, -0.05) is 6.08 Å². The topological polar surface area (TPSA) is 58.9 Å². The van der Waals surface area contributed by atoms with Gasteiger partial charge in [-0.05, 0) is 48.0 Å². The Hall–Kier alpha value is -0.420. The van der Waals surface area contributed by atoms with E-state index in [2.05, 4.69) is 6.58 Å². The summed E-state index contributed by atoms with van der Waals surface area (Å²) in [5.74, 6) is 0. The van der Waals surface area contributed by atoms with Crippen LogP contribution in [0.15, 0.2) is 12.7 Å². The molecule has 2 N–H and O–H groups in total. The Bertz CT molecular complexity index is 262. The van der Waals surface area contributed by atoms with Crippen LogP contribution in [-0.2, 0) is 9.47 Å². The summed E-state index contributed by atoms with van der Waals surface area (Å²) in [6.45, 7) is 15.2. The molecule has 0 bridgehead atoms. The van der Waals surface area contributed by atoms with Crippen LogP contribution in [0.3, 0.4) is 0 Å². The van der Waals surface area contributed by atoms with Crippen LogP contribution in [0.2, 0.25) is 0 Å². The molecule has 0 rings (SSSR count). The van der Waals surface area contributed by atoms with Crippen LogP contribution in [0.25, 0.3) is 0 Å². The Morgan fingerprint density at radius 2 is 1.58 bits per heavy atom. The average molecular weight is 274 g/mol. The lowest BCUT2D eigenvalue weighted by Crippen LogP contribution is -2.45. The van der Waals surface area contributed by atoms with E-state index in [1.165, 1.54) is 0 Å². The summed E-state index contributed by atoms with van der Waals surface area (Å²) in [6, 6.07) is 0. The number of rotatable bonds is 7. The van der Waals surface area contributed by atoms with Crippen LogP contribution < -0.4 is 0 Å². The molecule has 0 aromatic rings. The maximum absolute atomic E-state index is 10.2. The molecule has 0 fully saturated rings. The van der Waals surface area contributed by atoms with E-state index in [0.717, 1.165) is 0 Å². The van der Waals surface area contributed by atoms with Crippen molar-refractivity contribution in [2.75, 3.05) is 6.61 Å². The highest BCUT2D eigenvalue weighted by Gasteiger charge is 2.30. The predicted molar refractivity (Wildman–Crippen MR) is 77.2 cm³/mol. The molecule has 0 aliphatic heterocycles. The van der Waals surface area contributed by atoms with E-state index in [4.69, 9.17) is 9.47 Å². The fourth-order valence-electron chi connectivity index (χ4n) is 1.56. The summed E-state index contributed by atoms with van der Waals surface area (Å²) >= 11 is 0. The molecular weight excluding hydrogens is 244 g/mol. The first-order chi connectivity index (χ1) is 8.46. The highest BCUT2D eigenvalue weighted by atomic mass is 16.5. The van der Waals surface area contributed by atoms with Gasteiger partial charge in [0.25, 0.3) is 0 Å². The van der Waals surface area contributed by atoms with Gasteiger partial charge in [0, 0.05) is 0 Å². The standard InChI is InChI=1S/C15H30O4/c1-8-9-12(19-15(5,6)7)13(17)11(16)10-18-14(2,3)4/h8,11-13,16-17H,1,9-10H2,2-7H3/t11-,12-,13-/m1/s1. The van der Waals surface area contributed by atoms with Crippen molar-refractivity contribution in [3.05, 3.63) is 12.7 Å². The van der Waals surface area contributed by atoms with E-state index >= 15 is 0 Å². The number of aliphatic hydroxyl groups excluding tert-OH is 2. The summed E-state index contributed by atoms with van der Waals surface area (Å²) in [4.78, 5) is 0. The maximum atomic E-state index is 10.2. The molecule has 0 radical (unpaired) electrons. The van der Waals surface area contributed by atoms with Gasteiger partial charge < -0.3 is 19.7 Å². The molecule has 0 heterocycles. The number of aliphatic hydroxyl groups is 2. The highest BCUT2D eigenvalue weighted by Crippen LogP contribution is 2.19. The van der Waals surface area contributed by atoms with E-state index in [-0.39, 0.29) is 17.8 Å². The van der Waals surface area contributed by atoms with Crippen molar-refractivity contribution in [1.82, 2.24) is 0 Å². The van der Waals surface area contributed by atoms with Crippen LogP contribution in [-0.4, -0.2) is 46.3 Å². The third kappa shape index (κ3) is 9.16. The monoisotopic (exact) mass is 274 g/mol. The zero-order valence-corrected chi connectivity index (χ0v) is 13.1. The number of ether oxygens (including phenoxy) is 2. The Labute approximate surface area is 117 Å². The Morgan fingerprint density at radius 1 is 1.05 bits per heavy atom. The van der Waals surface area contributed by atoms with Gasteiger partial charge >= 0.3 is 0 Å². The van der Waals surface area contributed by atoms with Gasteiger partial charge in [0.1, 0.15) is 12.2 Å². The molecular formula is C15H30O4.